The normalized spacial score (nSPS) is 16.2. The van der Waals surface area contributed by atoms with Gasteiger partial charge in [0.05, 0.1) is 23.5 Å². The Kier molecular flexibility index (Phi) is 2.74. The molecule has 6 heteroatoms. The molecule has 0 aliphatic carbocycles. The summed E-state index contributed by atoms with van der Waals surface area (Å²) in [5.41, 5.74) is 1.59. The minimum Gasteiger partial charge on any atom is -0.293 e. The predicted molar refractivity (Wildman–Crippen MR) is 63.3 cm³/mol. The topological polar surface area (TPSA) is 70.6 Å². The summed E-state index contributed by atoms with van der Waals surface area (Å²) in [7, 11) is 0. The molecule has 6 nitrogen and oxygen atoms in total. The summed E-state index contributed by atoms with van der Waals surface area (Å²) in [5.74, 6) is 0. The fraction of sp³-hybridized carbons (Fsp3) is 0.333. The van der Waals surface area contributed by atoms with Crippen molar-refractivity contribution < 1.29 is 0 Å². The van der Waals surface area contributed by atoms with Crippen LogP contribution in [-0.4, -0.2) is 38.0 Å². The molecule has 2 aromatic rings. The molecule has 1 aliphatic rings. The molecule has 0 spiro atoms. The molecular formula is C12H12N6. The molecular weight excluding hydrogens is 228 g/mol. The van der Waals surface area contributed by atoms with E-state index < -0.39 is 0 Å². The van der Waals surface area contributed by atoms with Crippen LogP contribution < -0.4 is 0 Å². The summed E-state index contributed by atoms with van der Waals surface area (Å²) in [5, 5.41) is 20.8. The number of hydrogen-bond donors (Lipinski definition) is 0. The monoisotopic (exact) mass is 240 g/mol. The summed E-state index contributed by atoms with van der Waals surface area (Å²) in [6.45, 7) is 2.68. The average molecular weight is 240 g/mol. The Morgan fingerprint density at radius 3 is 3.00 bits per heavy atom. The van der Waals surface area contributed by atoms with E-state index in [4.69, 9.17) is 5.26 Å². The highest BCUT2D eigenvalue weighted by Crippen LogP contribution is 2.22. The zero-order valence-corrected chi connectivity index (χ0v) is 9.77. The van der Waals surface area contributed by atoms with Crippen LogP contribution in [0.15, 0.2) is 30.7 Å². The molecule has 0 radical (unpaired) electrons. The molecule has 0 atom stereocenters. The molecule has 0 saturated carbocycles. The van der Waals surface area contributed by atoms with Crippen molar-refractivity contribution in [1.82, 2.24) is 24.9 Å². The lowest BCUT2D eigenvalue weighted by atomic mass is 10.1. The van der Waals surface area contributed by atoms with Gasteiger partial charge < -0.3 is 0 Å². The van der Waals surface area contributed by atoms with Crippen molar-refractivity contribution in [2.45, 2.75) is 12.6 Å². The van der Waals surface area contributed by atoms with Gasteiger partial charge in [0, 0.05) is 32.0 Å². The van der Waals surface area contributed by atoms with Gasteiger partial charge in [0.15, 0.2) is 0 Å². The zero-order valence-electron chi connectivity index (χ0n) is 9.77. The highest BCUT2D eigenvalue weighted by molar-refractivity contribution is 5.22. The summed E-state index contributed by atoms with van der Waals surface area (Å²) >= 11 is 0. The first-order valence-corrected chi connectivity index (χ1v) is 5.78. The molecule has 1 saturated heterocycles. The van der Waals surface area contributed by atoms with E-state index in [-0.39, 0.29) is 0 Å². The lowest BCUT2D eigenvalue weighted by Gasteiger charge is -2.38. The zero-order chi connectivity index (χ0) is 12.4. The van der Waals surface area contributed by atoms with Gasteiger partial charge in [0.2, 0.25) is 0 Å². The fourth-order valence-electron chi connectivity index (χ4n) is 2.08. The first-order valence-electron chi connectivity index (χ1n) is 5.78. The number of hydrogen-bond acceptors (Lipinski definition) is 5. The van der Waals surface area contributed by atoms with Crippen molar-refractivity contribution in [3.05, 3.63) is 42.0 Å². The number of rotatable bonds is 3. The molecule has 0 amide bonds. The van der Waals surface area contributed by atoms with Gasteiger partial charge >= 0.3 is 0 Å². The van der Waals surface area contributed by atoms with Gasteiger partial charge in [-0.1, -0.05) is 0 Å². The summed E-state index contributed by atoms with van der Waals surface area (Å²) in [6.07, 6.45) is 5.07. The van der Waals surface area contributed by atoms with Gasteiger partial charge in [0.25, 0.3) is 0 Å². The van der Waals surface area contributed by atoms with Gasteiger partial charge in [-0.3, -0.25) is 9.58 Å². The average Bonchev–Trinajstić information content (AvgIpc) is 2.83. The third-order valence-electron chi connectivity index (χ3n) is 3.06. The lowest BCUT2D eigenvalue weighted by molar-refractivity contribution is 0.0892. The standard InChI is InChI=1S/C12H12N6/c13-4-10-5-15-18(6-10)12-8-17(9-12)7-11-2-1-3-14-16-11/h1-3,5-6,12H,7-9H2. The molecule has 1 fully saturated rings. The van der Waals surface area contributed by atoms with Crippen LogP contribution in [0.2, 0.25) is 0 Å². The van der Waals surface area contributed by atoms with Gasteiger partial charge in [-0.15, -0.1) is 0 Å². The smallest absolute Gasteiger partial charge is 0.102 e. The van der Waals surface area contributed by atoms with Crippen LogP contribution in [0.5, 0.6) is 0 Å². The molecule has 18 heavy (non-hydrogen) atoms. The molecule has 1 aliphatic heterocycles. The van der Waals surface area contributed by atoms with Crippen LogP contribution in [-0.2, 0) is 6.54 Å². The lowest BCUT2D eigenvalue weighted by Crippen LogP contribution is -2.47. The molecule has 90 valence electrons. The van der Waals surface area contributed by atoms with Crippen molar-refractivity contribution in [2.75, 3.05) is 13.1 Å². The Hall–Kier alpha value is -2.26. The minimum atomic E-state index is 0.365. The second-order valence-electron chi connectivity index (χ2n) is 4.38. The highest BCUT2D eigenvalue weighted by Gasteiger charge is 2.28. The third-order valence-corrected chi connectivity index (χ3v) is 3.06. The maximum absolute atomic E-state index is 8.74. The number of likely N-dealkylation sites (tertiary alicyclic amines) is 1. The maximum atomic E-state index is 8.74. The fourth-order valence-corrected chi connectivity index (χ4v) is 2.08. The summed E-state index contributed by atoms with van der Waals surface area (Å²) in [6, 6.07) is 6.32. The first kappa shape index (κ1) is 10.9. The van der Waals surface area contributed by atoms with Crippen molar-refractivity contribution in [2.24, 2.45) is 0 Å². The van der Waals surface area contributed by atoms with E-state index in [1.807, 2.05) is 16.8 Å². The van der Waals surface area contributed by atoms with Gasteiger partial charge in [-0.2, -0.15) is 20.6 Å². The van der Waals surface area contributed by atoms with Crippen molar-refractivity contribution in [1.29, 1.82) is 5.26 Å². The highest BCUT2D eigenvalue weighted by atomic mass is 15.4. The molecule has 2 aromatic heterocycles. The van der Waals surface area contributed by atoms with Crippen molar-refractivity contribution in [3.8, 4) is 6.07 Å². The Morgan fingerprint density at radius 2 is 2.33 bits per heavy atom. The van der Waals surface area contributed by atoms with Gasteiger partial charge in [0.1, 0.15) is 6.07 Å². The number of aromatic nitrogens is 4. The van der Waals surface area contributed by atoms with E-state index in [9.17, 15) is 0 Å². The van der Waals surface area contributed by atoms with Crippen LogP contribution in [0.1, 0.15) is 17.3 Å². The third kappa shape index (κ3) is 2.08. The van der Waals surface area contributed by atoms with E-state index >= 15 is 0 Å². The number of nitriles is 1. The van der Waals surface area contributed by atoms with E-state index in [0.29, 0.717) is 11.6 Å². The Bertz CT molecular complexity index is 564. The van der Waals surface area contributed by atoms with Gasteiger partial charge in [-0.25, -0.2) is 0 Å². The Morgan fingerprint density at radius 1 is 1.44 bits per heavy atom. The molecule has 3 heterocycles. The summed E-state index contributed by atoms with van der Waals surface area (Å²) in [4.78, 5) is 2.28. The Labute approximate surface area is 104 Å². The van der Waals surface area contributed by atoms with E-state index in [1.54, 1.807) is 18.6 Å². The van der Waals surface area contributed by atoms with Crippen LogP contribution >= 0.6 is 0 Å². The quantitative estimate of drug-likeness (QED) is 0.785. The van der Waals surface area contributed by atoms with Crippen LogP contribution in [0.4, 0.5) is 0 Å². The van der Waals surface area contributed by atoms with Gasteiger partial charge in [-0.05, 0) is 12.1 Å². The minimum absolute atomic E-state index is 0.365. The first-order chi connectivity index (χ1) is 8.85. The maximum Gasteiger partial charge on any atom is 0.102 e. The summed E-state index contributed by atoms with van der Waals surface area (Å²) < 4.78 is 1.87. The molecule has 0 N–H and O–H groups in total. The largest absolute Gasteiger partial charge is 0.293 e. The predicted octanol–water partition coefficient (Wildman–Crippen LogP) is 0.602. The van der Waals surface area contributed by atoms with Crippen LogP contribution in [0.25, 0.3) is 0 Å². The molecule has 0 bridgehead atoms. The molecule has 3 rings (SSSR count). The van der Waals surface area contributed by atoms with E-state index in [1.165, 1.54) is 0 Å². The van der Waals surface area contributed by atoms with Crippen molar-refractivity contribution >= 4 is 0 Å². The number of nitrogens with zero attached hydrogens (tertiary/aromatic N) is 6. The van der Waals surface area contributed by atoms with Crippen LogP contribution in [0, 0.1) is 11.3 Å². The second-order valence-corrected chi connectivity index (χ2v) is 4.38. The van der Waals surface area contributed by atoms with E-state index in [0.717, 1.165) is 25.3 Å². The van der Waals surface area contributed by atoms with Crippen LogP contribution in [0.3, 0.4) is 0 Å². The second kappa shape index (κ2) is 4.55. The molecule has 0 unspecified atom stereocenters. The Balaban J connectivity index is 1.56. The molecule has 0 aromatic carbocycles. The van der Waals surface area contributed by atoms with E-state index in [2.05, 4.69) is 26.3 Å². The van der Waals surface area contributed by atoms with Crippen molar-refractivity contribution in [3.63, 3.8) is 0 Å². The SMILES string of the molecule is N#Cc1cnn(C2CN(Cc3cccnn3)C2)c1.